The van der Waals surface area contributed by atoms with Gasteiger partial charge in [-0.05, 0) is 13.3 Å². The highest BCUT2D eigenvalue weighted by atomic mass is 16.6. The Bertz CT molecular complexity index is 240. The van der Waals surface area contributed by atoms with E-state index in [9.17, 15) is 4.79 Å². The number of hydrogen-bond acceptors (Lipinski definition) is 3. The SMILES string of the molecule is C=C1OC(C)C1NC(=O)OCCCCC. The molecule has 0 bridgehead atoms. The molecule has 0 saturated carbocycles. The molecule has 1 amide bonds. The first-order chi connectivity index (χ1) is 7.15. The highest BCUT2D eigenvalue weighted by Crippen LogP contribution is 2.22. The fourth-order valence-corrected chi connectivity index (χ4v) is 1.45. The van der Waals surface area contributed by atoms with Gasteiger partial charge in [0.05, 0.1) is 6.61 Å². The van der Waals surface area contributed by atoms with E-state index in [1.807, 2.05) is 6.92 Å². The van der Waals surface area contributed by atoms with Crippen LogP contribution in [0.15, 0.2) is 12.3 Å². The Labute approximate surface area is 90.6 Å². The van der Waals surface area contributed by atoms with E-state index in [0.717, 1.165) is 19.3 Å². The van der Waals surface area contributed by atoms with Gasteiger partial charge in [0.25, 0.3) is 0 Å². The maximum atomic E-state index is 11.3. The fraction of sp³-hybridized carbons (Fsp3) is 0.727. The number of amides is 1. The number of carbonyl (C=O) groups excluding carboxylic acids is 1. The van der Waals surface area contributed by atoms with Gasteiger partial charge < -0.3 is 14.8 Å². The van der Waals surface area contributed by atoms with Gasteiger partial charge >= 0.3 is 6.09 Å². The van der Waals surface area contributed by atoms with Crippen molar-refractivity contribution in [3.63, 3.8) is 0 Å². The summed E-state index contributed by atoms with van der Waals surface area (Å²) in [6.07, 6.45) is 2.74. The van der Waals surface area contributed by atoms with Crippen LogP contribution in [0.25, 0.3) is 0 Å². The third-order valence-corrected chi connectivity index (χ3v) is 2.41. The average molecular weight is 213 g/mol. The van der Waals surface area contributed by atoms with Crippen molar-refractivity contribution in [1.29, 1.82) is 0 Å². The molecule has 0 aromatic rings. The lowest BCUT2D eigenvalue weighted by molar-refractivity contribution is -0.00414. The molecule has 0 aliphatic carbocycles. The fourth-order valence-electron chi connectivity index (χ4n) is 1.45. The molecular formula is C11H19NO3. The molecule has 1 aliphatic heterocycles. The van der Waals surface area contributed by atoms with Crippen LogP contribution in [0.2, 0.25) is 0 Å². The molecule has 4 heteroatoms. The lowest BCUT2D eigenvalue weighted by Gasteiger charge is -2.37. The van der Waals surface area contributed by atoms with Gasteiger partial charge in [0.1, 0.15) is 17.9 Å². The maximum absolute atomic E-state index is 11.3. The van der Waals surface area contributed by atoms with Crippen LogP contribution in [0.5, 0.6) is 0 Å². The number of unbranched alkanes of at least 4 members (excludes halogenated alkanes) is 2. The zero-order valence-corrected chi connectivity index (χ0v) is 9.41. The molecule has 86 valence electrons. The van der Waals surface area contributed by atoms with Crippen molar-refractivity contribution in [3.05, 3.63) is 12.3 Å². The van der Waals surface area contributed by atoms with Crippen molar-refractivity contribution >= 4 is 6.09 Å². The van der Waals surface area contributed by atoms with Crippen molar-refractivity contribution in [3.8, 4) is 0 Å². The molecular weight excluding hydrogens is 194 g/mol. The molecule has 15 heavy (non-hydrogen) atoms. The summed E-state index contributed by atoms with van der Waals surface area (Å²) in [7, 11) is 0. The van der Waals surface area contributed by atoms with Crippen LogP contribution in [-0.4, -0.2) is 24.8 Å². The van der Waals surface area contributed by atoms with Crippen LogP contribution in [0.1, 0.15) is 33.1 Å². The first kappa shape index (κ1) is 11.9. The number of rotatable bonds is 5. The molecule has 1 heterocycles. The summed E-state index contributed by atoms with van der Waals surface area (Å²) < 4.78 is 10.1. The summed E-state index contributed by atoms with van der Waals surface area (Å²) in [5.41, 5.74) is 0. The molecule has 0 aromatic heterocycles. The lowest BCUT2D eigenvalue weighted by atomic mass is 10.1. The molecule has 2 unspecified atom stereocenters. The van der Waals surface area contributed by atoms with Crippen LogP contribution in [0.4, 0.5) is 4.79 Å². The summed E-state index contributed by atoms with van der Waals surface area (Å²) in [6, 6.07) is -0.0938. The van der Waals surface area contributed by atoms with E-state index in [1.54, 1.807) is 0 Å². The van der Waals surface area contributed by atoms with E-state index in [2.05, 4.69) is 18.8 Å². The minimum absolute atomic E-state index is 0.000641. The van der Waals surface area contributed by atoms with Gasteiger partial charge in [0.2, 0.25) is 0 Å². The molecule has 2 atom stereocenters. The molecule has 1 aliphatic rings. The smallest absolute Gasteiger partial charge is 0.407 e. The van der Waals surface area contributed by atoms with Crippen LogP contribution >= 0.6 is 0 Å². The number of hydrogen-bond donors (Lipinski definition) is 1. The van der Waals surface area contributed by atoms with E-state index < -0.39 is 0 Å². The topological polar surface area (TPSA) is 47.6 Å². The molecule has 0 aromatic carbocycles. The van der Waals surface area contributed by atoms with Crippen LogP contribution in [0, 0.1) is 0 Å². The average Bonchev–Trinajstić information content (AvgIpc) is 2.21. The number of carbonyl (C=O) groups is 1. The van der Waals surface area contributed by atoms with Gasteiger partial charge in [-0.3, -0.25) is 0 Å². The predicted octanol–water partition coefficient (Wildman–Crippen LogP) is 2.20. The quantitative estimate of drug-likeness (QED) is 0.712. The van der Waals surface area contributed by atoms with E-state index in [0.29, 0.717) is 12.4 Å². The van der Waals surface area contributed by atoms with Gasteiger partial charge in [0.15, 0.2) is 0 Å². The first-order valence-corrected chi connectivity index (χ1v) is 5.44. The largest absolute Gasteiger partial charge is 0.491 e. The van der Waals surface area contributed by atoms with E-state index in [1.165, 1.54) is 0 Å². The van der Waals surface area contributed by atoms with Gasteiger partial charge in [-0.15, -0.1) is 0 Å². The molecule has 1 saturated heterocycles. The second kappa shape index (κ2) is 5.63. The lowest BCUT2D eigenvalue weighted by Crippen LogP contribution is -2.52. The Kier molecular flexibility index (Phi) is 4.46. The molecule has 1 rings (SSSR count). The van der Waals surface area contributed by atoms with Crippen molar-refractivity contribution in [2.45, 2.75) is 45.3 Å². The second-order valence-electron chi connectivity index (χ2n) is 3.75. The Morgan fingerprint density at radius 2 is 2.33 bits per heavy atom. The Morgan fingerprint density at radius 1 is 1.60 bits per heavy atom. The first-order valence-electron chi connectivity index (χ1n) is 5.44. The Morgan fingerprint density at radius 3 is 2.87 bits per heavy atom. The number of alkyl carbamates (subject to hydrolysis) is 1. The van der Waals surface area contributed by atoms with E-state index >= 15 is 0 Å². The monoisotopic (exact) mass is 213 g/mol. The summed E-state index contributed by atoms with van der Waals surface area (Å²) >= 11 is 0. The molecule has 1 N–H and O–H groups in total. The normalized spacial score (nSPS) is 24.0. The molecule has 0 radical (unpaired) electrons. The molecule has 4 nitrogen and oxygen atoms in total. The van der Waals surface area contributed by atoms with Crippen molar-refractivity contribution in [2.75, 3.05) is 6.61 Å². The number of nitrogens with one attached hydrogen (secondary N) is 1. The van der Waals surface area contributed by atoms with Gasteiger partial charge in [0, 0.05) is 0 Å². The van der Waals surface area contributed by atoms with Crippen molar-refractivity contribution in [1.82, 2.24) is 5.32 Å². The molecule has 0 spiro atoms. The summed E-state index contributed by atoms with van der Waals surface area (Å²) in [5.74, 6) is 0.605. The van der Waals surface area contributed by atoms with Crippen molar-refractivity contribution < 1.29 is 14.3 Å². The highest BCUT2D eigenvalue weighted by molar-refractivity contribution is 5.68. The zero-order valence-electron chi connectivity index (χ0n) is 9.41. The van der Waals surface area contributed by atoms with Crippen LogP contribution in [0.3, 0.4) is 0 Å². The minimum Gasteiger partial charge on any atom is -0.491 e. The Hall–Kier alpha value is -1.19. The summed E-state index contributed by atoms with van der Waals surface area (Å²) in [5, 5.41) is 2.71. The standard InChI is InChI=1S/C11H19NO3/c1-4-5-6-7-14-11(13)12-10-8(2)15-9(10)3/h9-10H,2,4-7H2,1,3H3,(H,12,13). The minimum atomic E-state index is -0.382. The maximum Gasteiger partial charge on any atom is 0.407 e. The third-order valence-electron chi connectivity index (χ3n) is 2.41. The van der Waals surface area contributed by atoms with Crippen LogP contribution in [-0.2, 0) is 9.47 Å². The summed E-state index contributed by atoms with van der Waals surface area (Å²) in [4.78, 5) is 11.3. The van der Waals surface area contributed by atoms with Gasteiger partial charge in [-0.25, -0.2) is 4.79 Å². The molecule has 1 fully saturated rings. The second-order valence-corrected chi connectivity index (χ2v) is 3.75. The number of ether oxygens (including phenoxy) is 2. The van der Waals surface area contributed by atoms with Gasteiger partial charge in [-0.2, -0.15) is 0 Å². The third kappa shape index (κ3) is 3.46. The van der Waals surface area contributed by atoms with Gasteiger partial charge in [-0.1, -0.05) is 26.3 Å². The van der Waals surface area contributed by atoms with E-state index in [4.69, 9.17) is 9.47 Å². The summed E-state index contributed by atoms with van der Waals surface area (Å²) in [6.45, 7) is 8.14. The van der Waals surface area contributed by atoms with Crippen molar-refractivity contribution in [2.24, 2.45) is 0 Å². The zero-order chi connectivity index (χ0) is 11.3. The predicted molar refractivity (Wildman–Crippen MR) is 57.5 cm³/mol. The highest BCUT2D eigenvalue weighted by Gasteiger charge is 2.34. The van der Waals surface area contributed by atoms with Crippen LogP contribution < -0.4 is 5.32 Å². The van der Waals surface area contributed by atoms with E-state index in [-0.39, 0.29) is 18.2 Å². The Balaban J connectivity index is 2.10.